The van der Waals surface area contributed by atoms with Crippen molar-refractivity contribution in [3.05, 3.63) is 87.9 Å². The summed E-state index contributed by atoms with van der Waals surface area (Å²) in [5.41, 5.74) is -0.470. The average molecular weight is 405 g/mol. The van der Waals surface area contributed by atoms with Crippen molar-refractivity contribution in [3.8, 4) is 11.5 Å². The predicted molar refractivity (Wildman–Crippen MR) is 102 cm³/mol. The van der Waals surface area contributed by atoms with E-state index in [2.05, 4.69) is 4.72 Å². The number of nitro benzene ring substituents is 1. The molecule has 3 rings (SSSR count). The molecule has 0 bridgehead atoms. The van der Waals surface area contributed by atoms with Gasteiger partial charge < -0.3 is 4.74 Å². The molecule has 9 heteroatoms. The number of hydrogen-bond acceptors (Lipinski definition) is 5. The molecule has 7 nitrogen and oxygen atoms in total. The Balaban J connectivity index is 2.00. The number of hydrogen-bond donors (Lipinski definition) is 1. The first-order chi connectivity index (χ1) is 12.9. The van der Waals surface area contributed by atoms with Gasteiger partial charge in [0.1, 0.15) is 5.75 Å². The van der Waals surface area contributed by atoms with Gasteiger partial charge in [0, 0.05) is 11.1 Å². The molecule has 1 N–H and O–H groups in total. The summed E-state index contributed by atoms with van der Waals surface area (Å²) in [5.74, 6) is 0.693. The lowest BCUT2D eigenvalue weighted by atomic mass is 10.3. The van der Waals surface area contributed by atoms with E-state index < -0.39 is 25.5 Å². The molecular weight excluding hydrogens is 392 g/mol. The van der Waals surface area contributed by atoms with Gasteiger partial charge in [0.2, 0.25) is 0 Å². The fourth-order valence-electron chi connectivity index (χ4n) is 2.32. The summed E-state index contributed by atoms with van der Waals surface area (Å²) in [6.07, 6.45) is 0. The molecule has 0 saturated heterocycles. The Morgan fingerprint density at radius 2 is 1.63 bits per heavy atom. The van der Waals surface area contributed by atoms with Gasteiger partial charge in [-0.3, -0.25) is 14.8 Å². The van der Waals surface area contributed by atoms with Gasteiger partial charge in [-0.05, 0) is 36.4 Å². The highest BCUT2D eigenvalue weighted by molar-refractivity contribution is 7.92. The lowest BCUT2D eigenvalue weighted by molar-refractivity contribution is -0.387. The van der Waals surface area contributed by atoms with Gasteiger partial charge in [-0.2, -0.15) is 0 Å². The van der Waals surface area contributed by atoms with Crippen molar-refractivity contribution >= 4 is 33.0 Å². The summed E-state index contributed by atoms with van der Waals surface area (Å²) < 4.78 is 33.5. The molecule has 0 aromatic heterocycles. The number of ether oxygens (including phenoxy) is 1. The van der Waals surface area contributed by atoms with E-state index in [4.69, 9.17) is 16.3 Å². The molecule has 0 aliphatic carbocycles. The number of rotatable bonds is 6. The number of sulfonamides is 1. The minimum absolute atomic E-state index is 0.0597. The van der Waals surface area contributed by atoms with Crippen molar-refractivity contribution in [1.82, 2.24) is 0 Å². The van der Waals surface area contributed by atoms with Crippen LogP contribution >= 0.6 is 11.6 Å². The lowest BCUT2D eigenvalue weighted by Gasteiger charge is -2.14. The van der Waals surface area contributed by atoms with Crippen molar-refractivity contribution in [2.45, 2.75) is 4.90 Å². The van der Waals surface area contributed by atoms with Crippen molar-refractivity contribution < 1.29 is 18.1 Å². The van der Waals surface area contributed by atoms with Gasteiger partial charge in [0.15, 0.2) is 10.6 Å². The Kier molecular flexibility index (Phi) is 5.29. The third-order valence-electron chi connectivity index (χ3n) is 3.51. The summed E-state index contributed by atoms with van der Waals surface area (Å²) in [6, 6.07) is 18.2. The van der Waals surface area contributed by atoms with Crippen molar-refractivity contribution in [3.63, 3.8) is 0 Å². The average Bonchev–Trinajstić information content (AvgIpc) is 2.64. The van der Waals surface area contributed by atoms with Crippen molar-refractivity contribution in [2.75, 3.05) is 4.72 Å². The van der Waals surface area contributed by atoms with Gasteiger partial charge >= 0.3 is 0 Å². The quantitative estimate of drug-likeness (QED) is 0.468. The van der Waals surface area contributed by atoms with E-state index >= 15 is 0 Å². The maximum absolute atomic E-state index is 12.7. The molecule has 3 aromatic carbocycles. The number of benzene rings is 3. The molecule has 0 aliphatic rings. The number of nitrogens with zero attached hydrogens (tertiary/aromatic N) is 1. The molecule has 0 heterocycles. The van der Waals surface area contributed by atoms with E-state index in [0.29, 0.717) is 5.75 Å². The van der Waals surface area contributed by atoms with Crippen LogP contribution in [0.4, 0.5) is 11.4 Å². The van der Waals surface area contributed by atoms with E-state index in [9.17, 15) is 18.5 Å². The molecule has 0 unspecified atom stereocenters. The Hall–Kier alpha value is -3.10. The minimum atomic E-state index is -4.25. The van der Waals surface area contributed by atoms with Crippen LogP contribution in [0.15, 0.2) is 77.7 Å². The monoisotopic (exact) mass is 404 g/mol. The van der Waals surface area contributed by atoms with Crippen LogP contribution in [0.1, 0.15) is 0 Å². The number of nitrogens with one attached hydrogen (secondary N) is 1. The maximum Gasteiger partial charge on any atom is 0.289 e. The maximum atomic E-state index is 12.7. The fourth-order valence-corrected chi connectivity index (χ4v) is 3.73. The molecule has 0 fully saturated rings. The molecule has 0 aliphatic heterocycles. The van der Waals surface area contributed by atoms with Crippen LogP contribution in [0.3, 0.4) is 0 Å². The Bertz CT molecular complexity index is 1090. The second-order valence-corrected chi connectivity index (χ2v) is 7.47. The van der Waals surface area contributed by atoms with Crippen LogP contribution in [0, 0.1) is 10.1 Å². The van der Waals surface area contributed by atoms with Gasteiger partial charge in [0.25, 0.3) is 15.7 Å². The molecule has 0 radical (unpaired) electrons. The van der Waals surface area contributed by atoms with Crippen LogP contribution in [0.25, 0.3) is 0 Å². The highest BCUT2D eigenvalue weighted by Crippen LogP contribution is 2.34. The molecule has 0 saturated carbocycles. The normalized spacial score (nSPS) is 11.0. The van der Waals surface area contributed by atoms with Gasteiger partial charge in [-0.25, -0.2) is 8.42 Å². The first kappa shape index (κ1) is 18.7. The Morgan fingerprint density at radius 3 is 2.33 bits per heavy atom. The number of anilines is 1. The number of halogens is 1. The molecule has 0 atom stereocenters. The second-order valence-electron chi connectivity index (χ2n) is 5.39. The summed E-state index contributed by atoms with van der Waals surface area (Å²) in [5, 5.41) is 11.4. The highest BCUT2D eigenvalue weighted by atomic mass is 35.5. The third-order valence-corrected chi connectivity index (χ3v) is 5.16. The zero-order valence-electron chi connectivity index (χ0n) is 13.7. The fraction of sp³-hybridized carbons (Fsp3) is 0. The molecule has 138 valence electrons. The van der Waals surface area contributed by atoms with Crippen LogP contribution in [0.2, 0.25) is 5.02 Å². The number of nitro groups is 1. The largest absolute Gasteiger partial charge is 0.455 e. The Labute approximate surface area is 160 Å². The summed E-state index contributed by atoms with van der Waals surface area (Å²) in [4.78, 5) is 9.94. The molecule has 3 aromatic rings. The van der Waals surface area contributed by atoms with E-state index in [1.165, 1.54) is 24.3 Å². The molecular formula is C18H13ClN2O5S. The van der Waals surface area contributed by atoms with Crippen molar-refractivity contribution in [2.24, 2.45) is 0 Å². The van der Waals surface area contributed by atoms with Crippen LogP contribution in [-0.2, 0) is 10.0 Å². The van der Waals surface area contributed by atoms with Gasteiger partial charge in [-0.15, -0.1) is 0 Å². The summed E-state index contributed by atoms with van der Waals surface area (Å²) in [7, 11) is -4.25. The topological polar surface area (TPSA) is 98.5 Å². The minimum Gasteiger partial charge on any atom is -0.455 e. The highest BCUT2D eigenvalue weighted by Gasteiger charge is 2.26. The van der Waals surface area contributed by atoms with E-state index in [-0.39, 0.29) is 16.5 Å². The van der Waals surface area contributed by atoms with Crippen LogP contribution < -0.4 is 9.46 Å². The second kappa shape index (κ2) is 7.65. The van der Waals surface area contributed by atoms with Gasteiger partial charge in [-0.1, -0.05) is 41.9 Å². The molecule has 0 spiro atoms. The lowest BCUT2D eigenvalue weighted by Crippen LogP contribution is -2.15. The first-order valence-corrected chi connectivity index (χ1v) is 9.51. The van der Waals surface area contributed by atoms with Crippen LogP contribution in [-0.4, -0.2) is 13.3 Å². The number of para-hydroxylation sites is 2. The van der Waals surface area contributed by atoms with Gasteiger partial charge in [0.05, 0.1) is 10.6 Å². The van der Waals surface area contributed by atoms with E-state index in [1.54, 1.807) is 30.3 Å². The zero-order valence-corrected chi connectivity index (χ0v) is 15.3. The van der Waals surface area contributed by atoms with E-state index in [0.717, 1.165) is 12.1 Å². The standard InChI is InChI=1S/C18H13ClN2O5S/c19-13-10-11-17(26-14-6-2-1-3-7-14)15(12-13)20-27(24,25)18-9-5-4-8-16(18)21(22)23/h1-12,20H. The summed E-state index contributed by atoms with van der Waals surface area (Å²) >= 11 is 5.98. The third kappa shape index (κ3) is 4.36. The zero-order chi connectivity index (χ0) is 19.4. The first-order valence-electron chi connectivity index (χ1n) is 7.65. The summed E-state index contributed by atoms with van der Waals surface area (Å²) in [6.45, 7) is 0. The molecule has 0 amide bonds. The van der Waals surface area contributed by atoms with Crippen LogP contribution in [0.5, 0.6) is 11.5 Å². The van der Waals surface area contributed by atoms with E-state index in [1.807, 2.05) is 6.07 Å². The predicted octanol–water partition coefficient (Wildman–Crippen LogP) is 4.84. The Morgan fingerprint density at radius 1 is 0.963 bits per heavy atom. The SMILES string of the molecule is O=[N+]([O-])c1ccccc1S(=O)(=O)Nc1cc(Cl)ccc1Oc1ccccc1. The smallest absolute Gasteiger partial charge is 0.289 e. The molecule has 27 heavy (non-hydrogen) atoms. The van der Waals surface area contributed by atoms with Crippen molar-refractivity contribution in [1.29, 1.82) is 0 Å².